The van der Waals surface area contributed by atoms with Crippen molar-refractivity contribution in [3.05, 3.63) is 89.8 Å². The molecule has 14 heteroatoms. The number of carbonyl (C=O) groups excluding carboxylic acids is 2. The number of primary amides is 1. The average molecular weight is 632 g/mol. The topological polar surface area (TPSA) is 165 Å². The molecule has 5 aromatic rings. The molecule has 46 heavy (non-hydrogen) atoms. The van der Waals surface area contributed by atoms with Crippen LogP contribution >= 0.6 is 0 Å². The van der Waals surface area contributed by atoms with Crippen molar-refractivity contribution in [3.8, 4) is 11.3 Å². The number of nitrogens with two attached hydrogens (primary N) is 1. The summed E-state index contributed by atoms with van der Waals surface area (Å²) in [5.74, 6) is -1.32. The lowest BCUT2D eigenvalue weighted by molar-refractivity contribution is -0.123. The zero-order valence-electron chi connectivity index (χ0n) is 25.1. The first kappa shape index (κ1) is 32.5. The molecule has 0 aliphatic rings. The Labute approximate surface area is 263 Å². The van der Waals surface area contributed by atoms with Gasteiger partial charge in [-0.1, -0.05) is 18.2 Å². The van der Waals surface area contributed by atoms with E-state index in [0.29, 0.717) is 56.5 Å². The Morgan fingerprint density at radius 1 is 0.848 bits per heavy atom. The van der Waals surface area contributed by atoms with Gasteiger partial charge in [0.2, 0.25) is 5.91 Å². The van der Waals surface area contributed by atoms with E-state index >= 15 is 4.39 Å². The van der Waals surface area contributed by atoms with Gasteiger partial charge in [0, 0.05) is 30.1 Å². The van der Waals surface area contributed by atoms with E-state index in [4.69, 9.17) is 24.7 Å². The lowest BCUT2D eigenvalue weighted by Crippen LogP contribution is -2.28. The van der Waals surface area contributed by atoms with Gasteiger partial charge in [-0.25, -0.2) is 18.9 Å². The number of aromatic nitrogens is 5. The molecule has 3 aromatic heterocycles. The van der Waals surface area contributed by atoms with Crippen molar-refractivity contribution in [3.63, 3.8) is 0 Å². The smallest absolute Gasteiger partial charge is 0.254 e. The van der Waals surface area contributed by atoms with E-state index in [2.05, 4.69) is 31.4 Å². The first-order chi connectivity index (χ1) is 22.5. The number of ether oxygens (including phenoxy) is 4. The molecule has 0 aliphatic carbocycles. The number of hydrogen-bond acceptors (Lipinski definition) is 10. The Balaban J connectivity index is 1.05. The minimum atomic E-state index is -0.677. The van der Waals surface area contributed by atoms with E-state index in [1.807, 2.05) is 24.3 Å². The van der Waals surface area contributed by atoms with Gasteiger partial charge in [0.1, 0.15) is 18.1 Å². The van der Waals surface area contributed by atoms with Crippen LogP contribution < -0.4 is 11.1 Å². The highest BCUT2D eigenvalue weighted by atomic mass is 19.1. The number of hydrogen-bond donors (Lipinski definition) is 2. The van der Waals surface area contributed by atoms with Gasteiger partial charge in [-0.15, -0.1) is 0 Å². The highest BCUT2D eigenvalue weighted by Gasteiger charge is 2.15. The lowest BCUT2D eigenvalue weighted by Gasteiger charge is -2.09. The van der Waals surface area contributed by atoms with Gasteiger partial charge in [-0.2, -0.15) is 5.10 Å². The molecule has 3 heterocycles. The first-order valence-corrected chi connectivity index (χ1v) is 14.7. The number of halogens is 1. The Hall–Kier alpha value is -4.89. The molecule has 0 bridgehead atoms. The van der Waals surface area contributed by atoms with E-state index in [9.17, 15) is 9.59 Å². The van der Waals surface area contributed by atoms with E-state index in [-0.39, 0.29) is 31.9 Å². The summed E-state index contributed by atoms with van der Waals surface area (Å²) in [6.45, 7) is 2.33. The highest BCUT2D eigenvalue weighted by molar-refractivity contribution is 5.95. The summed E-state index contributed by atoms with van der Waals surface area (Å²) >= 11 is 0. The summed E-state index contributed by atoms with van der Waals surface area (Å²) in [5.41, 5.74) is 8.61. The van der Waals surface area contributed by atoms with Gasteiger partial charge in [0.05, 0.1) is 75.4 Å². The standard InChI is InChI=1S/C32H34FN7O6/c33-27-18-24(4-5-26(27)31(42)36-8-9-43-10-11-44-12-13-45-14-15-46-21-30(34)41)29-20-38-32-37-19-25(40(32)39-29)17-22-3-6-28-23(16-22)2-1-7-35-28/h1-7,16,18-20H,8-15,17,21H2,(H2,34,41)(H,36,42). The summed E-state index contributed by atoms with van der Waals surface area (Å²) in [5, 5.41) is 8.36. The number of nitrogens with one attached hydrogen (secondary N) is 1. The monoisotopic (exact) mass is 631 g/mol. The minimum absolute atomic E-state index is 0.0877. The number of carbonyl (C=O) groups is 2. The zero-order chi connectivity index (χ0) is 32.1. The van der Waals surface area contributed by atoms with Gasteiger partial charge in [0.15, 0.2) is 0 Å². The number of fused-ring (bicyclic) bond motifs is 2. The molecule has 0 spiro atoms. The molecule has 0 unspecified atom stereocenters. The van der Waals surface area contributed by atoms with Crippen molar-refractivity contribution in [1.29, 1.82) is 0 Å². The number of amides is 2. The van der Waals surface area contributed by atoms with Crippen LogP contribution in [0.4, 0.5) is 4.39 Å². The van der Waals surface area contributed by atoms with Gasteiger partial charge in [-0.3, -0.25) is 14.6 Å². The Kier molecular flexibility index (Phi) is 11.6. The Morgan fingerprint density at radius 3 is 2.35 bits per heavy atom. The zero-order valence-corrected chi connectivity index (χ0v) is 25.1. The number of imidazole rings is 1. The second-order valence-electron chi connectivity index (χ2n) is 10.1. The van der Waals surface area contributed by atoms with Crippen LogP contribution in [0.1, 0.15) is 21.6 Å². The number of rotatable bonds is 18. The van der Waals surface area contributed by atoms with E-state index < -0.39 is 17.6 Å². The molecule has 2 amide bonds. The largest absolute Gasteiger partial charge is 0.377 e. The van der Waals surface area contributed by atoms with Crippen LogP contribution in [0.5, 0.6) is 0 Å². The van der Waals surface area contributed by atoms with Crippen molar-refractivity contribution in [2.24, 2.45) is 5.73 Å². The van der Waals surface area contributed by atoms with E-state index in [0.717, 1.165) is 22.2 Å². The van der Waals surface area contributed by atoms with Crippen LogP contribution in [0.3, 0.4) is 0 Å². The third kappa shape index (κ3) is 9.08. The predicted octanol–water partition coefficient (Wildman–Crippen LogP) is 2.35. The quantitative estimate of drug-likeness (QED) is 0.137. The summed E-state index contributed by atoms with van der Waals surface area (Å²) < 4.78 is 37.7. The van der Waals surface area contributed by atoms with Crippen molar-refractivity contribution in [2.45, 2.75) is 6.42 Å². The van der Waals surface area contributed by atoms with Gasteiger partial charge >= 0.3 is 0 Å². The average Bonchev–Trinajstić information content (AvgIpc) is 3.46. The molecule has 0 radical (unpaired) electrons. The number of pyridine rings is 1. The highest BCUT2D eigenvalue weighted by Crippen LogP contribution is 2.21. The molecule has 0 atom stereocenters. The molecule has 2 aromatic carbocycles. The van der Waals surface area contributed by atoms with Crippen molar-refractivity contribution < 1.29 is 32.9 Å². The molecule has 5 rings (SSSR count). The Bertz CT molecular complexity index is 1780. The Morgan fingerprint density at radius 2 is 1.59 bits per heavy atom. The normalized spacial score (nSPS) is 11.3. The molecule has 0 saturated carbocycles. The summed E-state index contributed by atoms with van der Waals surface area (Å²) in [4.78, 5) is 36.2. The lowest BCUT2D eigenvalue weighted by atomic mass is 10.1. The molecule has 0 aliphatic heterocycles. The first-order valence-electron chi connectivity index (χ1n) is 14.7. The van der Waals surface area contributed by atoms with Crippen LogP contribution in [-0.2, 0) is 30.2 Å². The number of benzene rings is 2. The molecular weight excluding hydrogens is 597 g/mol. The second-order valence-corrected chi connectivity index (χ2v) is 10.1. The van der Waals surface area contributed by atoms with Crippen molar-refractivity contribution in [2.75, 3.05) is 59.4 Å². The minimum Gasteiger partial charge on any atom is -0.377 e. The fourth-order valence-corrected chi connectivity index (χ4v) is 4.54. The summed E-state index contributed by atoms with van der Waals surface area (Å²) in [7, 11) is 0. The van der Waals surface area contributed by atoms with Gasteiger partial charge in [-0.05, 0) is 35.9 Å². The molecule has 13 nitrogen and oxygen atoms in total. The van der Waals surface area contributed by atoms with Crippen LogP contribution in [0, 0.1) is 5.82 Å². The predicted molar refractivity (Wildman–Crippen MR) is 166 cm³/mol. The molecule has 3 N–H and O–H groups in total. The number of nitrogens with zero attached hydrogens (tertiary/aromatic N) is 5. The molecular formula is C32H34FN7O6. The fraction of sp³-hybridized carbons (Fsp3) is 0.312. The second kappa shape index (κ2) is 16.4. The third-order valence-electron chi connectivity index (χ3n) is 6.76. The van der Waals surface area contributed by atoms with Gasteiger partial charge < -0.3 is 30.0 Å². The van der Waals surface area contributed by atoms with Crippen LogP contribution in [0.2, 0.25) is 0 Å². The molecule has 0 saturated heterocycles. The third-order valence-corrected chi connectivity index (χ3v) is 6.76. The van der Waals surface area contributed by atoms with Crippen molar-refractivity contribution in [1.82, 2.24) is 29.9 Å². The summed E-state index contributed by atoms with van der Waals surface area (Å²) in [6.07, 6.45) is 5.59. The maximum absolute atomic E-state index is 15.0. The van der Waals surface area contributed by atoms with Crippen LogP contribution in [0.25, 0.3) is 27.9 Å². The molecule has 0 fully saturated rings. The SMILES string of the molecule is NC(=O)COCCOCCOCCOCCNC(=O)c1ccc(-c2cnc3ncc(Cc4ccc5ncccc5c4)n3n2)cc1F. The van der Waals surface area contributed by atoms with Crippen LogP contribution in [0.15, 0.2) is 67.1 Å². The maximum atomic E-state index is 15.0. The van der Waals surface area contributed by atoms with Gasteiger partial charge in [0.25, 0.3) is 11.7 Å². The summed E-state index contributed by atoms with van der Waals surface area (Å²) in [6, 6.07) is 14.3. The van der Waals surface area contributed by atoms with E-state index in [1.54, 1.807) is 23.0 Å². The van der Waals surface area contributed by atoms with Crippen molar-refractivity contribution >= 4 is 28.5 Å². The fourth-order valence-electron chi connectivity index (χ4n) is 4.54. The van der Waals surface area contributed by atoms with Crippen LogP contribution in [-0.4, -0.2) is 95.8 Å². The maximum Gasteiger partial charge on any atom is 0.254 e. The molecule has 240 valence electrons. The van der Waals surface area contributed by atoms with E-state index in [1.165, 1.54) is 18.3 Å².